The van der Waals surface area contributed by atoms with Crippen molar-refractivity contribution in [1.82, 2.24) is 9.88 Å². The summed E-state index contributed by atoms with van der Waals surface area (Å²) in [5.41, 5.74) is 0.561. The molecule has 1 amide bonds. The third kappa shape index (κ3) is 2.35. The van der Waals surface area contributed by atoms with Crippen molar-refractivity contribution in [1.29, 1.82) is 0 Å². The Labute approximate surface area is 100 Å². The zero-order valence-corrected chi connectivity index (χ0v) is 10.1. The molecule has 0 bridgehead atoms. The van der Waals surface area contributed by atoms with Crippen molar-refractivity contribution in [2.45, 2.75) is 19.8 Å². The molecule has 1 atom stereocenters. The number of hydrogen-bond acceptors (Lipinski definition) is 2. The second-order valence-corrected chi connectivity index (χ2v) is 4.76. The Bertz CT molecular complexity index is 394. The average molecular weight is 239 g/mol. The molecule has 1 aliphatic rings. The highest BCUT2D eigenvalue weighted by atomic mass is 35.5. The first-order valence-corrected chi connectivity index (χ1v) is 5.95. The number of amides is 1. The molecule has 3 nitrogen and oxygen atoms in total. The maximum Gasteiger partial charge on any atom is 0.255 e. The predicted octanol–water partition coefficient (Wildman–Crippen LogP) is 2.61. The molecule has 0 spiro atoms. The van der Waals surface area contributed by atoms with Crippen LogP contribution in [0.4, 0.5) is 0 Å². The van der Waals surface area contributed by atoms with Crippen LogP contribution < -0.4 is 0 Å². The lowest BCUT2D eigenvalue weighted by atomic mass is 10.00. The highest BCUT2D eigenvalue weighted by Crippen LogP contribution is 2.21. The van der Waals surface area contributed by atoms with Gasteiger partial charge in [0, 0.05) is 25.5 Å². The Hall–Kier alpha value is -1.09. The van der Waals surface area contributed by atoms with Crippen molar-refractivity contribution in [3.05, 3.63) is 29.0 Å². The summed E-state index contributed by atoms with van der Waals surface area (Å²) in [6, 6.07) is 1.68. The zero-order chi connectivity index (χ0) is 11.5. The summed E-state index contributed by atoms with van der Waals surface area (Å²) in [6.45, 7) is 3.84. The fraction of sp³-hybridized carbons (Fsp3) is 0.500. The Morgan fingerprint density at radius 2 is 2.44 bits per heavy atom. The largest absolute Gasteiger partial charge is 0.338 e. The number of halogens is 1. The smallest absolute Gasteiger partial charge is 0.255 e. The molecule has 0 aliphatic carbocycles. The van der Waals surface area contributed by atoms with Crippen LogP contribution in [0.3, 0.4) is 0 Å². The van der Waals surface area contributed by atoms with Gasteiger partial charge in [0.1, 0.15) is 0 Å². The van der Waals surface area contributed by atoms with E-state index in [1.807, 2.05) is 4.90 Å². The fourth-order valence-electron chi connectivity index (χ4n) is 2.09. The third-order valence-corrected chi connectivity index (χ3v) is 3.25. The van der Waals surface area contributed by atoms with E-state index in [1.165, 1.54) is 12.6 Å². The van der Waals surface area contributed by atoms with Gasteiger partial charge in [-0.2, -0.15) is 0 Å². The topological polar surface area (TPSA) is 33.2 Å². The summed E-state index contributed by atoms with van der Waals surface area (Å²) in [6.07, 6.45) is 5.40. The van der Waals surface area contributed by atoms with Gasteiger partial charge < -0.3 is 4.90 Å². The highest BCUT2D eigenvalue weighted by Gasteiger charge is 2.23. The molecule has 16 heavy (non-hydrogen) atoms. The molecule has 1 fully saturated rings. The Balaban J connectivity index is 2.16. The molecule has 0 N–H and O–H groups in total. The summed E-state index contributed by atoms with van der Waals surface area (Å²) in [4.78, 5) is 17.9. The van der Waals surface area contributed by atoms with Gasteiger partial charge in [-0.05, 0) is 24.8 Å². The van der Waals surface area contributed by atoms with E-state index in [-0.39, 0.29) is 5.91 Å². The quantitative estimate of drug-likeness (QED) is 0.754. The number of pyridine rings is 1. The molecule has 1 saturated heterocycles. The van der Waals surface area contributed by atoms with Crippen molar-refractivity contribution < 1.29 is 4.79 Å². The van der Waals surface area contributed by atoms with Crippen LogP contribution >= 0.6 is 11.6 Å². The van der Waals surface area contributed by atoms with Gasteiger partial charge in [0.05, 0.1) is 10.6 Å². The maximum absolute atomic E-state index is 12.2. The third-order valence-electron chi connectivity index (χ3n) is 2.95. The lowest BCUT2D eigenvalue weighted by Crippen LogP contribution is -2.39. The lowest BCUT2D eigenvalue weighted by Gasteiger charge is -2.31. The van der Waals surface area contributed by atoms with Gasteiger partial charge in [-0.15, -0.1) is 0 Å². The first-order chi connectivity index (χ1) is 7.68. The highest BCUT2D eigenvalue weighted by molar-refractivity contribution is 6.33. The zero-order valence-electron chi connectivity index (χ0n) is 9.32. The summed E-state index contributed by atoms with van der Waals surface area (Å²) in [5.74, 6) is 0.609. The van der Waals surface area contributed by atoms with Crippen LogP contribution in [0.2, 0.25) is 5.02 Å². The monoisotopic (exact) mass is 238 g/mol. The van der Waals surface area contributed by atoms with Gasteiger partial charge >= 0.3 is 0 Å². The van der Waals surface area contributed by atoms with Gasteiger partial charge in [-0.1, -0.05) is 18.5 Å². The normalized spacial score (nSPS) is 20.9. The Morgan fingerprint density at radius 3 is 3.12 bits per heavy atom. The van der Waals surface area contributed by atoms with Crippen LogP contribution in [0, 0.1) is 5.92 Å². The molecular weight excluding hydrogens is 224 g/mol. The summed E-state index contributed by atoms with van der Waals surface area (Å²) < 4.78 is 0. The van der Waals surface area contributed by atoms with E-state index < -0.39 is 0 Å². The molecule has 1 aromatic rings. The van der Waals surface area contributed by atoms with E-state index in [1.54, 1.807) is 12.3 Å². The number of hydrogen-bond donors (Lipinski definition) is 0. The Morgan fingerprint density at radius 1 is 1.62 bits per heavy atom. The molecule has 0 radical (unpaired) electrons. The standard InChI is InChI=1S/C12H15ClN2O/c1-9-3-2-6-15(8-9)12(16)10-4-5-14-7-11(10)13/h4-5,7,9H,2-3,6,8H2,1H3. The van der Waals surface area contributed by atoms with E-state index in [2.05, 4.69) is 11.9 Å². The second-order valence-electron chi connectivity index (χ2n) is 4.35. The first-order valence-electron chi connectivity index (χ1n) is 5.57. The van der Waals surface area contributed by atoms with Crippen LogP contribution in [0.15, 0.2) is 18.5 Å². The summed E-state index contributed by atoms with van der Waals surface area (Å²) >= 11 is 5.96. The number of likely N-dealkylation sites (tertiary alicyclic amines) is 1. The van der Waals surface area contributed by atoms with Crippen LogP contribution in [0.1, 0.15) is 30.1 Å². The molecule has 1 aliphatic heterocycles. The number of carbonyl (C=O) groups excluding carboxylic acids is 1. The Kier molecular flexibility index (Phi) is 3.44. The average Bonchev–Trinajstić information content (AvgIpc) is 2.29. The number of aromatic nitrogens is 1. The minimum atomic E-state index is 0.0268. The van der Waals surface area contributed by atoms with E-state index in [9.17, 15) is 4.79 Å². The van der Waals surface area contributed by atoms with E-state index in [0.717, 1.165) is 19.5 Å². The van der Waals surface area contributed by atoms with E-state index in [4.69, 9.17) is 11.6 Å². The van der Waals surface area contributed by atoms with Crippen LogP contribution in [-0.4, -0.2) is 28.9 Å². The van der Waals surface area contributed by atoms with Crippen LogP contribution in [-0.2, 0) is 0 Å². The predicted molar refractivity (Wildman–Crippen MR) is 63.5 cm³/mol. The van der Waals surface area contributed by atoms with Crippen molar-refractivity contribution in [2.24, 2.45) is 5.92 Å². The summed E-state index contributed by atoms with van der Waals surface area (Å²) in [7, 11) is 0. The maximum atomic E-state index is 12.2. The molecule has 0 aromatic carbocycles. The van der Waals surface area contributed by atoms with Gasteiger partial charge in [-0.3, -0.25) is 9.78 Å². The molecule has 0 saturated carbocycles. The molecule has 86 valence electrons. The number of piperidine rings is 1. The first kappa shape index (κ1) is 11.4. The van der Waals surface area contributed by atoms with Crippen molar-refractivity contribution in [2.75, 3.05) is 13.1 Å². The summed E-state index contributed by atoms with van der Waals surface area (Å²) in [5, 5.41) is 0.436. The van der Waals surface area contributed by atoms with Crippen molar-refractivity contribution >= 4 is 17.5 Å². The fourth-order valence-corrected chi connectivity index (χ4v) is 2.29. The number of nitrogens with zero attached hydrogens (tertiary/aromatic N) is 2. The molecule has 2 rings (SSSR count). The van der Waals surface area contributed by atoms with E-state index in [0.29, 0.717) is 16.5 Å². The molecule has 1 aromatic heterocycles. The molecule has 1 unspecified atom stereocenters. The van der Waals surface area contributed by atoms with Crippen LogP contribution in [0.25, 0.3) is 0 Å². The number of rotatable bonds is 1. The molecule has 2 heterocycles. The van der Waals surface area contributed by atoms with Gasteiger partial charge in [0.25, 0.3) is 5.91 Å². The second kappa shape index (κ2) is 4.83. The number of carbonyl (C=O) groups is 1. The molecular formula is C12H15ClN2O. The van der Waals surface area contributed by atoms with Crippen molar-refractivity contribution in [3.63, 3.8) is 0 Å². The molecule has 4 heteroatoms. The SMILES string of the molecule is CC1CCCN(C(=O)c2ccncc2Cl)C1. The van der Waals surface area contributed by atoms with Gasteiger partial charge in [-0.25, -0.2) is 0 Å². The van der Waals surface area contributed by atoms with Crippen molar-refractivity contribution in [3.8, 4) is 0 Å². The van der Waals surface area contributed by atoms with E-state index >= 15 is 0 Å². The minimum absolute atomic E-state index is 0.0268. The lowest BCUT2D eigenvalue weighted by molar-refractivity contribution is 0.0683. The van der Waals surface area contributed by atoms with Gasteiger partial charge in [0.15, 0.2) is 0 Å². The van der Waals surface area contributed by atoms with Crippen LogP contribution in [0.5, 0.6) is 0 Å². The minimum Gasteiger partial charge on any atom is -0.338 e. The van der Waals surface area contributed by atoms with Gasteiger partial charge in [0.2, 0.25) is 0 Å².